The van der Waals surface area contributed by atoms with Crippen molar-refractivity contribution in [2.24, 2.45) is 5.92 Å². The molecular formula is C33H36N4O5S. The highest BCUT2D eigenvalue weighted by Gasteiger charge is 2.38. The number of carboxylic acid groups (broad SMARTS) is 1. The number of rotatable bonds is 6. The molecule has 43 heavy (non-hydrogen) atoms. The molecule has 0 spiro atoms. The predicted molar refractivity (Wildman–Crippen MR) is 165 cm³/mol. The summed E-state index contributed by atoms with van der Waals surface area (Å²) < 4.78 is 29.6. The van der Waals surface area contributed by atoms with Gasteiger partial charge in [0.25, 0.3) is 0 Å². The maximum absolute atomic E-state index is 13.7. The average molecular weight is 601 g/mol. The molecule has 1 saturated heterocycles. The van der Waals surface area contributed by atoms with E-state index >= 15 is 0 Å². The number of H-pyrrole nitrogens is 1. The van der Waals surface area contributed by atoms with Gasteiger partial charge >= 0.3 is 6.09 Å². The molecule has 0 radical (unpaired) electrons. The van der Waals surface area contributed by atoms with Crippen LogP contribution in [0.25, 0.3) is 22.2 Å². The third-order valence-corrected chi connectivity index (χ3v) is 10.4. The van der Waals surface area contributed by atoms with Crippen LogP contribution in [0.2, 0.25) is 0 Å². The molecule has 1 unspecified atom stereocenters. The summed E-state index contributed by atoms with van der Waals surface area (Å²) in [4.78, 5) is 32.1. The molecule has 1 aliphatic heterocycles. The molecule has 1 saturated carbocycles. The van der Waals surface area contributed by atoms with Gasteiger partial charge in [-0.3, -0.25) is 4.79 Å². The van der Waals surface area contributed by atoms with E-state index in [2.05, 4.69) is 9.71 Å². The lowest BCUT2D eigenvalue weighted by Gasteiger charge is -2.43. The summed E-state index contributed by atoms with van der Waals surface area (Å²) in [5, 5.41) is 10.5. The fraction of sp³-hybridized carbons (Fsp3) is 0.333. The maximum atomic E-state index is 13.7. The van der Waals surface area contributed by atoms with Crippen LogP contribution in [0.3, 0.4) is 0 Å². The lowest BCUT2D eigenvalue weighted by atomic mass is 9.85. The summed E-state index contributed by atoms with van der Waals surface area (Å²) in [5.41, 5.74) is 4.82. The number of hydrogen-bond acceptors (Lipinski definition) is 4. The topological polar surface area (TPSA) is 123 Å². The van der Waals surface area contributed by atoms with Crippen LogP contribution in [0.1, 0.15) is 42.9 Å². The minimum atomic E-state index is -3.76. The first kappa shape index (κ1) is 28.9. The number of fused-ring (bicyclic) bond motifs is 1. The Labute approximate surface area is 251 Å². The second-order valence-corrected chi connectivity index (χ2v) is 13.3. The van der Waals surface area contributed by atoms with E-state index < -0.39 is 16.1 Å². The molecule has 6 rings (SSSR count). The molecule has 1 aliphatic carbocycles. The van der Waals surface area contributed by atoms with Gasteiger partial charge in [-0.05, 0) is 61.9 Å². The van der Waals surface area contributed by atoms with Crippen molar-refractivity contribution in [2.45, 2.75) is 49.6 Å². The fourth-order valence-corrected chi connectivity index (χ4v) is 7.79. The number of amides is 2. The number of nitrogens with one attached hydrogen (secondary N) is 2. The first-order valence-corrected chi connectivity index (χ1v) is 16.2. The van der Waals surface area contributed by atoms with Gasteiger partial charge in [-0.2, -0.15) is 0 Å². The second-order valence-electron chi connectivity index (χ2n) is 11.6. The molecule has 224 valence electrons. The third-order valence-electron chi connectivity index (χ3n) is 8.86. The van der Waals surface area contributed by atoms with E-state index in [0.29, 0.717) is 32.2 Å². The van der Waals surface area contributed by atoms with Crippen molar-refractivity contribution in [1.82, 2.24) is 19.5 Å². The highest BCUT2D eigenvalue weighted by Crippen LogP contribution is 2.33. The molecule has 9 nitrogen and oxygen atoms in total. The van der Waals surface area contributed by atoms with E-state index in [1.54, 1.807) is 12.1 Å². The van der Waals surface area contributed by atoms with Gasteiger partial charge in [0.05, 0.1) is 10.9 Å². The van der Waals surface area contributed by atoms with Crippen LogP contribution in [-0.2, 0) is 14.8 Å². The first-order chi connectivity index (χ1) is 20.7. The molecule has 2 aliphatic rings. The number of carbonyl (C=O) groups is 2. The van der Waals surface area contributed by atoms with Crippen molar-refractivity contribution in [2.75, 3.05) is 19.6 Å². The Morgan fingerprint density at radius 1 is 0.907 bits per heavy atom. The normalized spacial score (nSPS) is 21.2. The summed E-state index contributed by atoms with van der Waals surface area (Å²) in [7, 11) is -3.76. The van der Waals surface area contributed by atoms with E-state index in [9.17, 15) is 23.1 Å². The van der Waals surface area contributed by atoms with Crippen molar-refractivity contribution < 1.29 is 23.1 Å². The molecular weight excluding hydrogens is 564 g/mol. The standard InChI is InChI=1S/C33H36N4O5S/c1-22-7-5-6-10-28(22)30-19-25-13-16-27(20-29(25)34-30)43(41,42)35-26-14-11-24(12-15-26)32(38)37-18-17-36(33(39)40)21-31(37)23-8-3-2-4-9-23/h2-10,13,16,19-20,24,26,31,34-35H,11-12,14-15,17-18,21H2,1H3,(H,39,40). The smallest absolute Gasteiger partial charge is 0.407 e. The van der Waals surface area contributed by atoms with Crippen LogP contribution >= 0.6 is 0 Å². The fourth-order valence-electron chi connectivity index (χ4n) is 6.45. The van der Waals surface area contributed by atoms with Gasteiger partial charge in [0.2, 0.25) is 15.9 Å². The SMILES string of the molecule is Cc1ccccc1-c1cc2ccc(S(=O)(=O)NC3CCC(C(=O)N4CCN(C(=O)O)CC4c4ccccc4)CC3)cc2[nH]1. The molecule has 1 atom stereocenters. The highest BCUT2D eigenvalue weighted by molar-refractivity contribution is 7.89. The molecule has 10 heteroatoms. The minimum absolute atomic E-state index is 0.0156. The number of hydrogen-bond donors (Lipinski definition) is 3. The van der Waals surface area contributed by atoms with Crippen molar-refractivity contribution in [3.63, 3.8) is 0 Å². The van der Waals surface area contributed by atoms with Gasteiger partial charge in [0.1, 0.15) is 0 Å². The van der Waals surface area contributed by atoms with Crippen LogP contribution in [-0.4, -0.2) is 66.0 Å². The van der Waals surface area contributed by atoms with E-state index in [4.69, 9.17) is 0 Å². The van der Waals surface area contributed by atoms with Crippen molar-refractivity contribution in [3.05, 3.63) is 90.0 Å². The summed E-state index contributed by atoms with van der Waals surface area (Å²) >= 11 is 0. The molecule has 3 N–H and O–H groups in total. The minimum Gasteiger partial charge on any atom is -0.465 e. The van der Waals surface area contributed by atoms with Gasteiger partial charge in [0.15, 0.2) is 0 Å². The number of nitrogens with zero attached hydrogens (tertiary/aromatic N) is 2. The Hall–Kier alpha value is -4.15. The number of aromatic nitrogens is 1. The Bertz CT molecular complexity index is 1750. The maximum Gasteiger partial charge on any atom is 0.407 e. The van der Waals surface area contributed by atoms with Gasteiger partial charge in [-0.15, -0.1) is 0 Å². The Morgan fingerprint density at radius 2 is 1.63 bits per heavy atom. The number of piperazine rings is 1. The quantitative estimate of drug-likeness (QED) is 0.268. The third kappa shape index (κ3) is 6.03. The van der Waals surface area contributed by atoms with Crippen molar-refractivity contribution >= 4 is 32.9 Å². The first-order valence-electron chi connectivity index (χ1n) is 14.7. The largest absolute Gasteiger partial charge is 0.465 e. The molecule has 2 amide bonds. The molecule has 0 bridgehead atoms. The number of sulfonamides is 1. The average Bonchev–Trinajstić information content (AvgIpc) is 3.45. The van der Waals surface area contributed by atoms with E-state index in [1.807, 2.05) is 78.6 Å². The van der Waals surface area contributed by atoms with Gasteiger partial charge in [-0.25, -0.2) is 17.9 Å². The van der Waals surface area contributed by atoms with Crippen LogP contribution in [0, 0.1) is 12.8 Å². The van der Waals surface area contributed by atoms with Crippen LogP contribution < -0.4 is 4.72 Å². The molecule has 3 aromatic carbocycles. The van der Waals surface area contributed by atoms with Crippen LogP contribution in [0.15, 0.2) is 83.8 Å². The number of benzene rings is 3. The summed E-state index contributed by atoms with van der Waals surface area (Å²) in [6.07, 6.45) is 1.28. The summed E-state index contributed by atoms with van der Waals surface area (Å²) in [6.45, 7) is 2.89. The molecule has 1 aromatic heterocycles. The number of aromatic amines is 1. The van der Waals surface area contributed by atoms with E-state index in [1.165, 1.54) is 4.90 Å². The summed E-state index contributed by atoms with van der Waals surface area (Å²) in [5.74, 6) is -0.208. The van der Waals surface area contributed by atoms with E-state index in [-0.39, 0.29) is 41.9 Å². The summed E-state index contributed by atoms with van der Waals surface area (Å²) in [6, 6.07) is 24.2. The molecule has 2 heterocycles. The zero-order valence-corrected chi connectivity index (χ0v) is 24.9. The predicted octanol–water partition coefficient (Wildman–Crippen LogP) is 5.54. The highest BCUT2D eigenvalue weighted by atomic mass is 32.2. The second kappa shape index (κ2) is 11.9. The van der Waals surface area contributed by atoms with Gasteiger partial charge in [-0.1, -0.05) is 60.7 Å². The Balaban J connectivity index is 1.11. The Kier molecular flexibility index (Phi) is 7.98. The lowest BCUT2D eigenvalue weighted by Crippen LogP contribution is -2.53. The Morgan fingerprint density at radius 3 is 2.35 bits per heavy atom. The zero-order chi connectivity index (χ0) is 30.1. The van der Waals surface area contributed by atoms with Crippen molar-refractivity contribution in [1.29, 1.82) is 0 Å². The lowest BCUT2D eigenvalue weighted by molar-refractivity contribution is -0.141. The molecule has 2 fully saturated rings. The van der Waals surface area contributed by atoms with Gasteiger partial charge < -0.3 is 19.9 Å². The number of carbonyl (C=O) groups excluding carboxylic acids is 1. The monoisotopic (exact) mass is 600 g/mol. The van der Waals surface area contributed by atoms with E-state index in [0.717, 1.165) is 33.3 Å². The van der Waals surface area contributed by atoms with Gasteiger partial charge in [0, 0.05) is 53.8 Å². The number of aryl methyl sites for hydroxylation is 1. The van der Waals surface area contributed by atoms with Crippen LogP contribution in [0.5, 0.6) is 0 Å². The molecule has 4 aromatic rings. The van der Waals surface area contributed by atoms with Crippen LogP contribution in [0.4, 0.5) is 4.79 Å². The van der Waals surface area contributed by atoms with Crippen molar-refractivity contribution in [3.8, 4) is 11.3 Å². The zero-order valence-electron chi connectivity index (χ0n) is 24.1.